The summed E-state index contributed by atoms with van der Waals surface area (Å²) in [5.41, 5.74) is 1.32. The van der Waals surface area contributed by atoms with E-state index in [1.165, 1.54) is 4.68 Å². The molecule has 0 N–H and O–H groups in total. The smallest absolute Gasteiger partial charge is 0.267 e. The topological polar surface area (TPSA) is 47.8 Å². The summed E-state index contributed by atoms with van der Waals surface area (Å²) >= 11 is 5.93. The van der Waals surface area contributed by atoms with Crippen molar-refractivity contribution in [2.45, 2.75) is 19.8 Å². The van der Waals surface area contributed by atoms with Crippen LogP contribution in [0.3, 0.4) is 0 Å². The van der Waals surface area contributed by atoms with E-state index in [1.807, 2.05) is 6.07 Å². The Morgan fingerprint density at radius 2 is 2.12 bits per heavy atom. The van der Waals surface area contributed by atoms with Gasteiger partial charge in [0.25, 0.3) is 5.56 Å². The average molecular weight is 238 g/mol. The van der Waals surface area contributed by atoms with Gasteiger partial charge < -0.3 is 0 Å². The van der Waals surface area contributed by atoms with Gasteiger partial charge in [-0.25, -0.2) is 4.68 Å². The Kier molecular flexibility index (Phi) is 2.68. The Morgan fingerprint density at radius 1 is 1.44 bits per heavy atom. The molecule has 0 amide bonds. The molecule has 0 fully saturated rings. The zero-order chi connectivity index (χ0) is 11.9. The lowest BCUT2D eigenvalue weighted by Gasteiger charge is -2.07. The van der Waals surface area contributed by atoms with Crippen LogP contribution in [-0.4, -0.2) is 14.8 Å². The molecule has 2 heterocycles. The minimum absolute atomic E-state index is 0.172. The first-order valence-corrected chi connectivity index (χ1v) is 5.41. The molecule has 16 heavy (non-hydrogen) atoms. The molecule has 2 rings (SSSR count). The van der Waals surface area contributed by atoms with Crippen molar-refractivity contribution in [2.24, 2.45) is 7.05 Å². The van der Waals surface area contributed by atoms with Crippen LogP contribution in [0.1, 0.15) is 25.3 Å². The first kappa shape index (κ1) is 11.1. The standard InChI is InChI=1S/C11H12ClN3O/c1-6(2)7-4-8-9(13-5-7)10(12)14-15(3)11(8)16/h4-6H,1-3H3. The van der Waals surface area contributed by atoms with Crippen molar-refractivity contribution in [2.75, 3.05) is 0 Å². The number of halogens is 1. The molecule has 2 aromatic rings. The van der Waals surface area contributed by atoms with E-state index in [1.54, 1.807) is 13.2 Å². The van der Waals surface area contributed by atoms with Crippen LogP contribution in [-0.2, 0) is 7.05 Å². The number of nitrogens with zero attached hydrogens (tertiary/aromatic N) is 3. The lowest BCUT2D eigenvalue weighted by atomic mass is 10.0. The molecule has 0 saturated carbocycles. The molecule has 0 atom stereocenters. The molecular weight excluding hydrogens is 226 g/mol. The van der Waals surface area contributed by atoms with Crippen molar-refractivity contribution in [1.29, 1.82) is 0 Å². The van der Waals surface area contributed by atoms with E-state index >= 15 is 0 Å². The zero-order valence-corrected chi connectivity index (χ0v) is 10.1. The van der Waals surface area contributed by atoms with Crippen LogP contribution in [0.15, 0.2) is 17.1 Å². The Bertz CT molecular complexity index is 604. The van der Waals surface area contributed by atoms with E-state index in [0.717, 1.165) is 5.56 Å². The summed E-state index contributed by atoms with van der Waals surface area (Å²) in [6, 6.07) is 1.84. The predicted molar refractivity (Wildman–Crippen MR) is 63.9 cm³/mol. The van der Waals surface area contributed by atoms with Gasteiger partial charge in [-0.2, -0.15) is 5.10 Å². The van der Waals surface area contributed by atoms with Crippen LogP contribution < -0.4 is 5.56 Å². The summed E-state index contributed by atoms with van der Waals surface area (Å²) in [4.78, 5) is 16.1. The SMILES string of the molecule is CC(C)c1cnc2c(Cl)nn(C)c(=O)c2c1. The van der Waals surface area contributed by atoms with Crippen LogP contribution in [0.5, 0.6) is 0 Å². The maximum Gasteiger partial charge on any atom is 0.276 e. The van der Waals surface area contributed by atoms with E-state index in [-0.39, 0.29) is 10.7 Å². The third-order valence-electron chi connectivity index (χ3n) is 2.53. The summed E-state index contributed by atoms with van der Waals surface area (Å²) < 4.78 is 1.23. The number of fused-ring (bicyclic) bond motifs is 1. The molecule has 0 bridgehead atoms. The van der Waals surface area contributed by atoms with Gasteiger partial charge in [0.15, 0.2) is 5.15 Å². The predicted octanol–water partition coefficient (Wildman–Crippen LogP) is 2.11. The third-order valence-corrected chi connectivity index (χ3v) is 2.79. The summed E-state index contributed by atoms with van der Waals surface area (Å²) in [7, 11) is 1.58. The second-order valence-corrected chi connectivity index (χ2v) is 4.40. The van der Waals surface area contributed by atoms with E-state index in [9.17, 15) is 4.79 Å². The first-order chi connectivity index (χ1) is 7.50. The molecule has 2 aromatic heterocycles. The van der Waals surface area contributed by atoms with Crippen LogP contribution in [0.4, 0.5) is 0 Å². The molecule has 0 radical (unpaired) electrons. The van der Waals surface area contributed by atoms with Crippen molar-refractivity contribution in [3.63, 3.8) is 0 Å². The Labute approximate surface area is 97.9 Å². The van der Waals surface area contributed by atoms with Gasteiger partial charge in [0, 0.05) is 13.2 Å². The van der Waals surface area contributed by atoms with E-state index < -0.39 is 0 Å². The fourth-order valence-electron chi connectivity index (χ4n) is 1.52. The Balaban J connectivity index is 2.87. The molecule has 84 valence electrons. The van der Waals surface area contributed by atoms with Crippen LogP contribution in [0.25, 0.3) is 10.9 Å². The number of rotatable bonds is 1. The second-order valence-electron chi connectivity index (χ2n) is 4.04. The zero-order valence-electron chi connectivity index (χ0n) is 9.36. The van der Waals surface area contributed by atoms with E-state index in [4.69, 9.17) is 11.6 Å². The highest BCUT2D eigenvalue weighted by Crippen LogP contribution is 2.20. The second kappa shape index (κ2) is 3.87. The van der Waals surface area contributed by atoms with Crippen molar-refractivity contribution < 1.29 is 0 Å². The van der Waals surface area contributed by atoms with Gasteiger partial charge in [-0.1, -0.05) is 25.4 Å². The van der Waals surface area contributed by atoms with E-state index in [2.05, 4.69) is 23.9 Å². The molecule has 4 nitrogen and oxygen atoms in total. The fourth-order valence-corrected chi connectivity index (χ4v) is 1.79. The minimum atomic E-state index is -0.172. The summed E-state index contributed by atoms with van der Waals surface area (Å²) in [5, 5.41) is 4.66. The van der Waals surface area contributed by atoms with Crippen molar-refractivity contribution in [3.05, 3.63) is 33.3 Å². The van der Waals surface area contributed by atoms with Crippen LogP contribution in [0.2, 0.25) is 5.15 Å². The average Bonchev–Trinajstić information content (AvgIpc) is 2.25. The van der Waals surface area contributed by atoms with E-state index in [0.29, 0.717) is 16.8 Å². The lowest BCUT2D eigenvalue weighted by Crippen LogP contribution is -2.20. The molecule has 0 aliphatic rings. The number of hydrogen-bond acceptors (Lipinski definition) is 3. The Morgan fingerprint density at radius 3 is 2.75 bits per heavy atom. The summed E-state index contributed by atoms with van der Waals surface area (Å²) in [6.45, 7) is 4.10. The molecule has 0 spiro atoms. The molecule has 0 aliphatic carbocycles. The number of pyridine rings is 1. The third kappa shape index (κ3) is 1.69. The largest absolute Gasteiger partial charge is 0.276 e. The fraction of sp³-hybridized carbons (Fsp3) is 0.364. The van der Waals surface area contributed by atoms with Gasteiger partial charge in [0.1, 0.15) is 5.52 Å². The number of hydrogen-bond donors (Lipinski definition) is 0. The van der Waals surface area contributed by atoms with Gasteiger partial charge >= 0.3 is 0 Å². The van der Waals surface area contributed by atoms with Crippen LogP contribution in [0, 0.1) is 0 Å². The molecule has 5 heteroatoms. The number of aryl methyl sites for hydroxylation is 1. The highest BCUT2D eigenvalue weighted by Gasteiger charge is 2.10. The monoisotopic (exact) mass is 237 g/mol. The highest BCUT2D eigenvalue weighted by molar-refractivity contribution is 6.33. The van der Waals surface area contributed by atoms with Gasteiger partial charge in [-0.05, 0) is 17.5 Å². The highest BCUT2D eigenvalue weighted by atomic mass is 35.5. The van der Waals surface area contributed by atoms with Gasteiger partial charge in [0.05, 0.1) is 5.39 Å². The Hall–Kier alpha value is -1.42. The van der Waals surface area contributed by atoms with Gasteiger partial charge in [-0.15, -0.1) is 0 Å². The molecular formula is C11H12ClN3O. The maximum atomic E-state index is 11.9. The van der Waals surface area contributed by atoms with Crippen molar-refractivity contribution >= 4 is 22.5 Å². The minimum Gasteiger partial charge on any atom is -0.267 e. The quantitative estimate of drug-likeness (QED) is 0.763. The normalized spacial score (nSPS) is 11.3. The number of aromatic nitrogens is 3. The maximum absolute atomic E-state index is 11.9. The lowest BCUT2D eigenvalue weighted by molar-refractivity contribution is 0.717. The van der Waals surface area contributed by atoms with Crippen molar-refractivity contribution in [1.82, 2.24) is 14.8 Å². The van der Waals surface area contributed by atoms with Crippen LogP contribution >= 0.6 is 11.6 Å². The molecule has 0 aromatic carbocycles. The summed E-state index contributed by atoms with van der Waals surface area (Å²) in [6.07, 6.45) is 1.74. The molecule has 0 aliphatic heterocycles. The summed E-state index contributed by atoms with van der Waals surface area (Å²) in [5.74, 6) is 0.327. The van der Waals surface area contributed by atoms with Crippen molar-refractivity contribution in [3.8, 4) is 0 Å². The molecule has 0 saturated heterocycles. The molecule has 0 unspecified atom stereocenters. The first-order valence-electron chi connectivity index (χ1n) is 5.03. The van der Waals surface area contributed by atoms with Gasteiger partial charge in [-0.3, -0.25) is 9.78 Å². The van der Waals surface area contributed by atoms with Gasteiger partial charge in [0.2, 0.25) is 0 Å².